The maximum Gasteiger partial charge on any atom is 0.239 e. The third-order valence-electron chi connectivity index (χ3n) is 2.03. The van der Waals surface area contributed by atoms with Gasteiger partial charge in [0.2, 0.25) is 5.91 Å². The van der Waals surface area contributed by atoms with E-state index < -0.39 is 17.8 Å². The highest BCUT2D eigenvalue weighted by atomic mass is 79.9. The third-order valence-corrected chi connectivity index (χ3v) is 2.69. The van der Waals surface area contributed by atoms with E-state index in [9.17, 15) is 9.18 Å². The van der Waals surface area contributed by atoms with Crippen LogP contribution in [-0.4, -0.2) is 11.9 Å². The molecule has 0 bridgehead atoms. The number of halogens is 2. The second-order valence-corrected chi connectivity index (χ2v) is 3.96. The molecular formula is C10H12BrFN2O. The van der Waals surface area contributed by atoms with E-state index >= 15 is 0 Å². The highest BCUT2D eigenvalue weighted by Gasteiger charge is 2.15. The van der Waals surface area contributed by atoms with E-state index in [0.717, 1.165) is 0 Å². The second-order valence-electron chi connectivity index (χ2n) is 3.10. The summed E-state index contributed by atoms with van der Waals surface area (Å²) >= 11 is 3.20. The lowest BCUT2D eigenvalue weighted by Gasteiger charge is -2.16. The summed E-state index contributed by atoms with van der Waals surface area (Å²) in [5.74, 6) is -0.906. The Morgan fingerprint density at radius 2 is 2.33 bits per heavy atom. The largest absolute Gasteiger partial charge is 0.370 e. The van der Waals surface area contributed by atoms with Crippen molar-refractivity contribution >= 4 is 27.5 Å². The minimum absolute atomic E-state index is 0.267. The van der Waals surface area contributed by atoms with Gasteiger partial charge in [-0.15, -0.1) is 0 Å². The predicted octanol–water partition coefficient (Wildman–Crippen LogP) is 2.26. The molecule has 3 N–H and O–H groups in total. The molecule has 1 rings (SSSR count). The van der Waals surface area contributed by atoms with Gasteiger partial charge in [-0.1, -0.05) is 13.0 Å². The quantitative estimate of drug-likeness (QED) is 0.885. The van der Waals surface area contributed by atoms with Crippen molar-refractivity contribution in [3.63, 3.8) is 0 Å². The lowest BCUT2D eigenvalue weighted by atomic mass is 10.2. The molecule has 1 amide bonds. The fourth-order valence-corrected chi connectivity index (χ4v) is 1.64. The first-order valence-corrected chi connectivity index (χ1v) is 5.35. The monoisotopic (exact) mass is 274 g/mol. The zero-order valence-corrected chi connectivity index (χ0v) is 9.84. The first-order valence-electron chi connectivity index (χ1n) is 4.56. The first kappa shape index (κ1) is 12.0. The van der Waals surface area contributed by atoms with Crippen LogP contribution in [0.15, 0.2) is 22.7 Å². The van der Waals surface area contributed by atoms with E-state index in [1.165, 1.54) is 6.07 Å². The molecule has 0 aromatic heterocycles. The van der Waals surface area contributed by atoms with Crippen molar-refractivity contribution in [2.75, 3.05) is 5.32 Å². The van der Waals surface area contributed by atoms with Crippen LogP contribution in [0.1, 0.15) is 13.3 Å². The number of para-hydroxylation sites is 1. The standard InChI is InChI=1S/C10H12BrFN2O/c1-2-8(10(13)15)14-9-6(11)4-3-5-7(9)12/h3-5,8,14H,2H2,1H3,(H2,13,15). The number of primary amides is 1. The number of carbonyl (C=O) groups excluding carboxylic acids is 1. The van der Waals surface area contributed by atoms with E-state index in [0.29, 0.717) is 10.9 Å². The number of amides is 1. The summed E-state index contributed by atoms with van der Waals surface area (Å²) in [6.07, 6.45) is 0.510. The highest BCUT2D eigenvalue weighted by molar-refractivity contribution is 9.10. The Morgan fingerprint density at radius 3 is 2.80 bits per heavy atom. The number of anilines is 1. The molecular weight excluding hydrogens is 263 g/mol. The van der Waals surface area contributed by atoms with Crippen LogP contribution in [0, 0.1) is 5.82 Å². The molecule has 1 unspecified atom stereocenters. The molecule has 15 heavy (non-hydrogen) atoms. The predicted molar refractivity (Wildman–Crippen MR) is 61.0 cm³/mol. The van der Waals surface area contributed by atoms with Gasteiger partial charge in [0.05, 0.1) is 5.69 Å². The zero-order chi connectivity index (χ0) is 11.4. The molecule has 0 saturated carbocycles. The molecule has 0 saturated heterocycles. The third kappa shape index (κ3) is 2.92. The summed E-state index contributed by atoms with van der Waals surface area (Å²) in [7, 11) is 0. The summed E-state index contributed by atoms with van der Waals surface area (Å²) in [6.45, 7) is 1.80. The van der Waals surface area contributed by atoms with Gasteiger partial charge in [-0.3, -0.25) is 4.79 Å². The molecule has 1 aromatic carbocycles. The number of hydrogen-bond acceptors (Lipinski definition) is 2. The first-order chi connectivity index (χ1) is 7.06. The Kier molecular flexibility index (Phi) is 4.08. The van der Waals surface area contributed by atoms with E-state index in [1.807, 2.05) is 0 Å². The molecule has 82 valence electrons. The maximum absolute atomic E-state index is 13.4. The smallest absolute Gasteiger partial charge is 0.239 e. The van der Waals surface area contributed by atoms with Crippen molar-refractivity contribution in [3.05, 3.63) is 28.5 Å². The second kappa shape index (κ2) is 5.11. The number of rotatable bonds is 4. The van der Waals surface area contributed by atoms with Crippen molar-refractivity contribution in [1.82, 2.24) is 0 Å². The Hall–Kier alpha value is -1.10. The Balaban J connectivity index is 2.92. The maximum atomic E-state index is 13.4. The van der Waals surface area contributed by atoms with Crippen LogP contribution in [0.5, 0.6) is 0 Å². The van der Waals surface area contributed by atoms with Gasteiger partial charge < -0.3 is 11.1 Å². The van der Waals surface area contributed by atoms with E-state index in [4.69, 9.17) is 5.73 Å². The van der Waals surface area contributed by atoms with Crippen LogP contribution in [0.2, 0.25) is 0 Å². The summed E-state index contributed by atoms with van der Waals surface area (Å²) in [5.41, 5.74) is 5.42. The lowest BCUT2D eigenvalue weighted by Crippen LogP contribution is -2.35. The van der Waals surface area contributed by atoms with Crippen molar-refractivity contribution in [2.24, 2.45) is 5.73 Å². The Morgan fingerprint density at radius 1 is 1.67 bits per heavy atom. The Labute approximate surface area is 96.0 Å². The molecule has 0 aliphatic carbocycles. The molecule has 5 heteroatoms. The van der Waals surface area contributed by atoms with Gasteiger partial charge in [0.25, 0.3) is 0 Å². The van der Waals surface area contributed by atoms with Crippen LogP contribution >= 0.6 is 15.9 Å². The van der Waals surface area contributed by atoms with Crippen LogP contribution in [0.25, 0.3) is 0 Å². The summed E-state index contributed by atoms with van der Waals surface area (Å²) in [6, 6.07) is 4.04. The number of nitrogens with two attached hydrogens (primary N) is 1. The molecule has 0 radical (unpaired) electrons. The number of carbonyl (C=O) groups is 1. The van der Waals surface area contributed by atoms with E-state index in [-0.39, 0.29) is 5.69 Å². The van der Waals surface area contributed by atoms with Crippen molar-refractivity contribution in [1.29, 1.82) is 0 Å². The van der Waals surface area contributed by atoms with Gasteiger partial charge >= 0.3 is 0 Å². The average Bonchev–Trinajstić information content (AvgIpc) is 2.17. The van der Waals surface area contributed by atoms with Crippen LogP contribution in [0.3, 0.4) is 0 Å². The molecule has 0 aliphatic heterocycles. The topological polar surface area (TPSA) is 55.1 Å². The lowest BCUT2D eigenvalue weighted by molar-refractivity contribution is -0.118. The minimum atomic E-state index is -0.557. The summed E-state index contributed by atoms with van der Waals surface area (Å²) < 4.78 is 13.9. The molecule has 3 nitrogen and oxygen atoms in total. The normalized spacial score (nSPS) is 12.2. The van der Waals surface area contributed by atoms with Crippen molar-refractivity contribution in [2.45, 2.75) is 19.4 Å². The van der Waals surface area contributed by atoms with E-state index in [2.05, 4.69) is 21.2 Å². The van der Waals surface area contributed by atoms with E-state index in [1.54, 1.807) is 19.1 Å². The Bertz CT molecular complexity index is 350. The molecule has 1 atom stereocenters. The van der Waals surface area contributed by atoms with Crippen LogP contribution in [-0.2, 0) is 4.79 Å². The number of benzene rings is 1. The number of nitrogens with one attached hydrogen (secondary N) is 1. The average molecular weight is 275 g/mol. The summed E-state index contributed by atoms with van der Waals surface area (Å²) in [4.78, 5) is 11.0. The van der Waals surface area contributed by atoms with Gasteiger partial charge in [-0.25, -0.2) is 4.39 Å². The molecule has 1 aromatic rings. The highest BCUT2D eigenvalue weighted by Crippen LogP contribution is 2.26. The van der Waals surface area contributed by atoms with Gasteiger partial charge in [-0.05, 0) is 34.5 Å². The fourth-order valence-electron chi connectivity index (χ4n) is 1.18. The van der Waals surface area contributed by atoms with Gasteiger partial charge in [0, 0.05) is 4.47 Å². The summed E-state index contributed by atoms with van der Waals surface area (Å²) in [5, 5.41) is 2.77. The van der Waals surface area contributed by atoms with Crippen LogP contribution < -0.4 is 11.1 Å². The van der Waals surface area contributed by atoms with Crippen molar-refractivity contribution < 1.29 is 9.18 Å². The number of hydrogen-bond donors (Lipinski definition) is 2. The van der Waals surface area contributed by atoms with Gasteiger partial charge in [-0.2, -0.15) is 0 Å². The molecule has 0 heterocycles. The fraction of sp³-hybridized carbons (Fsp3) is 0.300. The van der Waals surface area contributed by atoms with Crippen molar-refractivity contribution in [3.8, 4) is 0 Å². The molecule has 0 spiro atoms. The minimum Gasteiger partial charge on any atom is -0.370 e. The van der Waals surface area contributed by atoms with Crippen LogP contribution in [0.4, 0.5) is 10.1 Å². The van der Waals surface area contributed by atoms with Gasteiger partial charge in [0.1, 0.15) is 11.9 Å². The zero-order valence-electron chi connectivity index (χ0n) is 8.26. The molecule has 0 fully saturated rings. The molecule has 0 aliphatic rings. The SMILES string of the molecule is CCC(Nc1c(F)cccc1Br)C(N)=O. The van der Waals surface area contributed by atoms with Gasteiger partial charge in [0.15, 0.2) is 0 Å².